The van der Waals surface area contributed by atoms with Crippen LogP contribution in [0, 0.1) is 0 Å². The van der Waals surface area contributed by atoms with Crippen molar-refractivity contribution in [2.24, 2.45) is 0 Å². The van der Waals surface area contributed by atoms with Gasteiger partial charge >= 0.3 is 15.8 Å². The van der Waals surface area contributed by atoms with Crippen molar-refractivity contribution < 1.29 is 12.5 Å². The van der Waals surface area contributed by atoms with E-state index >= 15 is 0 Å². The highest BCUT2D eigenvalue weighted by molar-refractivity contribution is 7.85. The number of rotatable bonds is 6. The lowest BCUT2D eigenvalue weighted by Gasteiger charge is -2.21. The van der Waals surface area contributed by atoms with Crippen molar-refractivity contribution in [3.63, 3.8) is 0 Å². The van der Waals surface area contributed by atoms with Crippen molar-refractivity contribution in [1.82, 2.24) is 20.5 Å². The molecular formula is C21H28N5O2S+. The van der Waals surface area contributed by atoms with Gasteiger partial charge < -0.3 is 0 Å². The standard InChI is InChI=1S/C21H27N5O2S/c1-13(2)16-11-17(14(3)4)20(18(12-16)15(5)6)29(27,28)26-21(23-24-25-26)19-9-7-8-10-22-19/h7-15H,1-6H3/p+1. The van der Waals surface area contributed by atoms with Crippen LogP contribution in [0.15, 0.2) is 41.4 Å². The molecule has 0 saturated carbocycles. The predicted molar refractivity (Wildman–Crippen MR) is 111 cm³/mol. The van der Waals surface area contributed by atoms with E-state index in [1.165, 1.54) is 0 Å². The third kappa shape index (κ3) is 3.94. The van der Waals surface area contributed by atoms with E-state index in [0.29, 0.717) is 16.5 Å². The Morgan fingerprint density at radius 3 is 2.03 bits per heavy atom. The molecule has 29 heavy (non-hydrogen) atoms. The van der Waals surface area contributed by atoms with Gasteiger partial charge in [0.05, 0.1) is 0 Å². The summed E-state index contributed by atoms with van der Waals surface area (Å²) in [5.74, 6) is 0.520. The topological polar surface area (TPSA) is 92.5 Å². The molecule has 3 rings (SSSR count). The summed E-state index contributed by atoms with van der Waals surface area (Å²) in [4.78, 5) is 4.55. The van der Waals surface area contributed by atoms with Crippen LogP contribution in [-0.4, -0.2) is 28.9 Å². The Morgan fingerprint density at radius 2 is 1.55 bits per heavy atom. The molecule has 2 aromatic heterocycles. The monoisotopic (exact) mass is 414 g/mol. The zero-order valence-corrected chi connectivity index (χ0v) is 18.5. The Morgan fingerprint density at radius 1 is 0.931 bits per heavy atom. The fourth-order valence-electron chi connectivity index (χ4n) is 3.29. The van der Waals surface area contributed by atoms with Crippen molar-refractivity contribution in [3.05, 3.63) is 53.2 Å². The summed E-state index contributed by atoms with van der Waals surface area (Å²) < 4.78 is 28.7. The maximum Gasteiger partial charge on any atom is 0.366 e. The number of hydrogen-bond acceptors (Lipinski definition) is 5. The minimum atomic E-state index is -3.97. The lowest BCUT2D eigenvalue weighted by Crippen LogP contribution is -2.47. The first-order valence-corrected chi connectivity index (χ1v) is 11.3. The second-order valence-corrected chi connectivity index (χ2v) is 9.82. The molecule has 0 fully saturated rings. The van der Waals surface area contributed by atoms with Gasteiger partial charge in [-0.2, -0.15) is 8.42 Å². The molecular weight excluding hydrogens is 386 g/mol. The van der Waals surface area contributed by atoms with Crippen LogP contribution in [0.3, 0.4) is 0 Å². The molecule has 0 aliphatic heterocycles. The van der Waals surface area contributed by atoms with E-state index in [9.17, 15) is 8.42 Å². The average molecular weight is 415 g/mol. The molecule has 7 nitrogen and oxygen atoms in total. The van der Waals surface area contributed by atoms with Crippen molar-refractivity contribution >= 4 is 10.0 Å². The lowest BCUT2D eigenvalue weighted by molar-refractivity contribution is -0.569. The highest BCUT2D eigenvalue weighted by atomic mass is 32.2. The average Bonchev–Trinajstić information content (AvgIpc) is 3.18. The highest BCUT2D eigenvalue weighted by Crippen LogP contribution is 2.35. The quantitative estimate of drug-likeness (QED) is 0.620. The van der Waals surface area contributed by atoms with Crippen LogP contribution in [0.25, 0.3) is 11.5 Å². The molecule has 2 heterocycles. The summed E-state index contributed by atoms with van der Waals surface area (Å²) in [5, 5.41) is 10.3. The molecule has 0 spiro atoms. The SMILES string of the molecule is CC(C)c1cc(C(C)C)c(S(=O)(=O)[n+]2[nH]nnc2-c2ccccn2)c(C(C)C)c1. The summed E-state index contributed by atoms with van der Waals surface area (Å²) in [7, 11) is -3.97. The van der Waals surface area contributed by atoms with Gasteiger partial charge in [-0.05, 0) is 50.7 Å². The lowest BCUT2D eigenvalue weighted by atomic mass is 9.89. The van der Waals surface area contributed by atoms with Crippen LogP contribution in [0.1, 0.15) is 76.0 Å². The Labute approximate surface area is 172 Å². The molecule has 0 aliphatic rings. The van der Waals surface area contributed by atoms with E-state index in [1.807, 2.05) is 39.8 Å². The normalized spacial score (nSPS) is 12.3. The van der Waals surface area contributed by atoms with Gasteiger partial charge in [0.1, 0.15) is 15.7 Å². The van der Waals surface area contributed by atoms with Crippen LogP contribution in [-0.2, 0) is 10.0 Å². The van der Waals surface area contributed by atoms with Crippen LogP contribution in [0.5, 0.6) is 0 Å². The smallest absolute Gasteiger partial charge is 0.250 e. The summed E-state index contributed by atoms with van der Waals surface area (Å²) in [6, 6.07) is 9.28. The molecule has 0 bridgehead atoms. The molecule has 0 saturated heterocycles. The number of H-pyrrole nitrogens is 1. The van der Waals surface area contributed by atoms with Crippen LogP contribution >= 0.6 is 0 Å². The third-order valence-electron chi connectivity index (χ3n) is 4.94. The molecule has 154 valence electrons. The number of aromatic nitrogens is 5. The third-order valence-corrected chi connectivity index (χ3v) is 6.67. The van der Waals surface area contributed by atoms with Crippen molar-refractivity contribution in [2.45, 2.75) is 64.2 Å². The Bertz CT molecular complexity index is 1070. The first-order chi connectivity index (χ1) is 13.6. The molecule has 0 atom stereocenters. The number of tetrazole rings is 1. The van der Waals surface area contributed by atoms with Crippen LogP contribution < -0.4 is 4.09 Å². The minimum absolute atomic E-state index is 0.0331. The molecule has 0 amide bonds. The fourth-order valence-corrected chi connectivity index (χ4v) is 5.16. The molecule has 8 heteroatoms. The van der Waals surface area contributed by atoms with Gasteiger partial charge in [-0.3, -0.25) is 0 Å². The van der Waals surface area contributed by atoms with Gasteiger partial charge in [-0.25, -0.2) is 4.98 Å². The summed E-state index contributed by atoms with van der Waals surface area (Å²) in [5.41, 5.74) is 3.16. The molecule has 1 N–H and O–H groups in total. The fraction of sp³-hybridized carbons (Fsp3) is 0.429. The maximum atomic E-state index is 13.8. The number of nitrogens with one attached hydrogen (secondary N) is 1. The van der Waals surface area contributed by atoms with E-state index in [-0.39, 0.29) is 17.7 Å². The zero-order chi connectivity index (χ0) is 21.3. The van der Waals surface area contributed by atoms with Crippen molar-refractivity contribution in [3.8, 4) is 11.5 Å². The number of aromatic amines is 1. The predicted octanol–water partition coefficient (Wildman–Crippen LogP) is 3.76. The van der Waals surface area contributed by atoms with Gasteiger partial charge in [-0.1, -0.05) is 65.0 Å². The Kier molecular flexibility index (Phi) is 5.84. The van der Waals surface area contributed by atoms with E-state index in [4.69, 9.17) is 0 Å². The second-order valence-electron chi connectivity index (χ2n) is 8.10. The Hall–Kier alpha value is -2.61. The number of nitrogens with zero attached hydrogens (tertiary/aromatic N) is 4. The van der Waals surface area contributed by atoms with Gasteiger partial charge in [0.15, 0.2) is 5.21 Å². The van der Waals surface area contributed by atoms with Gasteiger partial charge in [0.25, 0.3) is 0 Å². The first kappa shape index (κ1) is 21.1. The van der Waals surface area contributed by atoms with Gasteiger partial charge in [-0.15, -0.1) is 0 Å². The molecule has 0 unspecified atom stereocenters. The molecule has 1 aromatic carbocycles. The second kappa shape index (κ2) is 8.02. The maximum absolute atomic E-state index is 13.8. The summed E-state index contributed by atoms with van der Waals surface area (Å²) in [6.45, 7) is 12.3. The van der Waals surface area contributed by atoms with E-state index in [2.05, 4.69) is 34.4 Å². The highest BCUT2D eigenvalue weighted by Gasteiger charge is 2.36. The number of pyridine rings is 1. The van der Waals surface area contributed by atoms with Crippen molar-refractivity contribution in [1.29, 1.82) is 0 Å². The van der Waals surface area contributed by atoms with Crippen LogP contribution in [0.2, 0.25) is 0 Å². The zero-order valence-electron chi connectivity index (χ0n) is 17.7. The van der Waals surface area contributed by atoms with Gasteiger partial charge in [0, 0.05) is 6.20 Å². The molecule has 0 radical (unpaired) electrons. The largest absolute Gasteiger partial charge is 0.366 e. The molecule has 3 aromatic rings. The number of benzene rings is 1. The Balaban J connectivity index is 2.32. The first-order valence-electron chi connectivity index (χ1n) is 9.82. The van der Waals surface area contributed by atoms with E-state index in [0.717, 1.165) is 20.8 Å². The van der Waals surface area contributed by atoms with Crippen molar-refractivity contribution in [2.75, 3.05) is 0 Å². The summed E-state index contributed by atoms with van der Waals surface area (Å²) in [6.07, 6.45) is 1.59. The van der Waals surface area contributed by atoms with Crippen LogP contribution in [0.4, 0.5) is 0 Å². The minimum Gasteiger partial charge on any atom is -0.250 e. The van der Waals surface area contributed by atoms with Gasteiger partial charge in [0.2, 0.25) is 0 Å². The summed E-state index contributed by atoms with van der Waals surface area (Å²) >= 11 is 0. The number of hydrogen-bond donors (Lipinski definition) is 1. The van der Waals surface area contributed by atoms with E-state index < -0.39 is 10.0 Å². The van der Waals surface area contributed by atoms with E-state index in [1.54, 1.807) is 24.4 Å². The molecule has 0 aliphatic carbocycles.